The molecule has 0 fully saturated rings. The normalized spacial score (nSPS) is 20.0. The quantitative estimate of drug-likeness (QED) is 0.752. The lowest BCUT2D eigenvalue weighted by Gasteiger charge is -2.12. The number of amides is 1. The molecule has 94 valence electrons. The first-order valence-electron chi connectivity index (χ1n) is 6.07. The zero-order valence-electron chi connectivity index (χ0n) is 10.9. The summed E-state index contributed by atoms with van der Waals surface area (Å²) in [6.45, 7) is 5.83. The van der Waals surface area contributed by atoms with Crippen molar-refractivity contribution in [3.8, 4) is 0 Å². The Balaban J connectivity index is 2.22. The number of carbonyl (C=O) groups excluding carboxylic acids is 1. The van der Waals surface area contributed by atoms with Gasteiger partial charge in [0.25, 0.3) is 5.91 Å². The van der Waals surface area contributed by atoms with E-state index in [4.69, 9.17) is 0 Å². The lowest BCUT2D eigenvalue weighted by molar-refractivity contribution is -0.118. The zero-order chi connectivity index (χ0) is 13.1. The van der Waals surface area contributed by atoms with Crippen molar-refractivity contribution >= 4 is 23.5 Å². The number of para-hydroxylation sites is 1. The van der Waals surface area contributed by atoms with Gasteiger partial charge in [-0.3, -0.25) is 9.79 Å². The number of carbonyl (C=O) groups is 1. The predicted molar refractivity (Wildman–Crippen MR) is 74.2 cm³/mol. The minimum atomic E-state index is -0.326. The highest BCUT2D eigenvalue weighted by atomic mass is 16.2. The SMILES string of the molecule is CC1=NN(c2ccccc2)C(=O)[C@H]1C=NC(C)C. The molecule has 0 N–H and O–H groups in total. The van der Waals surface area contributed by atoms with Gasteiger partial charge < -0.3 is 0 Å². The van der Waals surface area contributed by atoms with Gasteiger partial charge in [0.05, 0.1) is 11.4 Å². The topological polar surface area (TPSA) is 45.0 Å². The summed E-state index contributed by atoms with van der Waals surface area (Å²) in [6, 6.07) is 9.63. The van der Waals surface area contributed by atoms with Crippen molar-refractivity contribution < 1.29 is 4.79 Å². The highest BCUT2D eigenvalue weighted by Crippen LogP contribution is 2.22. The molecule has 18 heavy (non-hydrogen) atoms. The molecule has 0 aromatic heterocycles. The summed E-state index contributed by atoms with van der Waals surface area (Å²) in [6.07, 6.45) is 1.70. The molecule has 0 saturated carbocycles. The Kier molecular flexibility index (Phi) is 3.55. The predicted octanol–water partition coefficient (Wildman–Crippen LogP) is 2.50. The molecule has 1 aliphatic rings. The number of benzene rings is 1. The van der Waals surface area contributed by atoms with Crippen LogP contribution in [0.15, 0.2) is 40.4 Å². The molecule has 0 saturated heterocycles. The van der Waals surface area contributed by atoms with E-state index in [0.717, 1.165) is 11.4 Å². The van der Waals surface area contributed by atoms with Gasteiger partial charge >= 0.3 is 0 Å². The molecule has 0 unspecified atom stereocenters. The fourth-order valence-corrected chi connectivity index (χ4v) is 1.76. The van der Waals surface area contributed by atoms with Crippen molar-refractivity contribution in [1.29, 1.82) is 0 Å². The minimum Gasteiger partial charge on any atom is -0.294 e. The Bertz CT molecular complexity index is 491. The van der Waals surface area contributed by atoms with Crippen LogP contribution in [-0.2, 0) is 4.79 Å². The monoisotopic (exact) mass is 243 g/mol. The summed E-state index contributed by atoms with van der Waals surface area (Å²) in [5.74, 6) is -0.365. The lowest BCUT2D eigenvalue weighted by Crippen LogP contribution is -2.28. The van der Waals surface area contributed by atoms with Crippen LogP contribution in [0.3, 0.4) is 0 Å². The van der Waals surface area contributed by atoms with E-state index < -0.39 is 0 Å². The number of hydrazone groups is 1. The van der Waals surface area contributed by atoms with E-state index in [1.165, 1.54) is 5.01 Å². The minimum absolute atomic E-state index is 0.0388. The molecule has 0 aliphatic carbocycles. The van der Waals surface area contributed by atoms with Crippen LogP contribution in [-0.4, -0.2) is 23.9 Å². The van der Waals surface area contributed by atoms with Gasteiger partial charge in [-0.05, 0) is 32.9 Å². The van der Waals surface area contributed by atoms with Crippen LogP contribution < -0.4 is 5.01 Å². The Labute approximate surface area is 107 Å². The highest BCUT2D eigenvalue weighted by molar-refractivity contribution is 6.23. The molecule has 1 atom stereocenters. The Morgan fingerprint density at radius 2 is 2.00 bits per heavy atom. The summed E-state index contributed by atoms with van der Waals surface area (Å²) >= 11 is 0. The molecule has 0 radical (unpaired) electrons. The Morgan fingerprint density at radius 1 is 1.33 bits per heavy atom. The van der Waals surface area contributed by atoms with E-state index in [0.29, 0.717) is 0 Å². The van der Waals surface area contributed by atoms with Crippen LogP contribution in [0.5, 0.6) is 0 Å². The van der Waals surface area contributed by atoms with Crippen molar-refractivity contribution in [1.82, 2.24) is 0 Å². The van der Waals surface area contributed by atoms with Gasteiger partial charge in [-0.15, -0.1) is 0 Å². The highest BCUT2D eigenvalue weighted by Gasteiger charge is 2.32. The van der Waals surface area contributed by atoms with E-state index >= 15 is 0 Å². The largest absolute Gasteiger partial charge is 0.294 e. The van der Waals surface area contributed by atoms with Gasteiger partial charge in [0.15, 0.2) is 0 Å². The first-order chi connectivity index (χ1) is 8.59. The fourth-order valence-electron chi connectivity index (χ4n) is 1.76. The van der Waals surface area contributed by atoms with Crippen LogP contribution in [0.25, 0.3) is 0 Å². The molecule has 1 aromatic carbocycles. The molecule has 1 amide bonds. The van der Waals surface area contributed by atoms with Gasteiger partial charge in [-0.25, -0.2) is 0 Å². The Hall–Kier alpha value is -1.97. The van der Waals surface area contributed by atoms with Crippen molar-refractivity contribution in [3.05, 3.63) is 30.3 Å². The molecular weight excluding hydrogens is 226 g/mol. The van der Waals surface area contributed by atoms with E-state index in [2.05, 4.69) is 10.1 Å². The Morgan fingerprint density at radius 3 is 2.61 bits per heavy atom. The first kappa shape index (κ1) is 12.5. The third kappa shape index (κ3) is 2.47. The summed E-state index contributed by atoms with van der Waals surface area (Å²) in [4.78, 5) is 16.5. The number of aliphatic imine (C=N–C) groups is 1. The summed E-state index contributed by atoms with van der Waals surface area (Å²) in [7, 11) is 0. The molecule has 1 aliphatic heterocycles. The molecule has 0 spiro atoms. The standard InChI is InChI=1S/C14H17N3O/c1-10(2)15-9-13-11(3)16-17(14(13)18)12-7-5-4-6-8-12/h4-10,13H,1-3H3/t13-/m0/s1. The summed E-state index contributed by atoms with van der Waals surface area (Å²) < 4.78 is 0. The second-order valence-electron chi connectivity index (χ2n) is 4.60. The van der Waals surface area contributed by atoms with Crippen molar-refractivity contribution in [2.75, 3.05) is 5.01 Å². The second-order valence-corrected chi connectivity index (χ2v) is 4.60. The number of hydrogen-bond acceptors (Lipinski definition) is 3. The van der Waals surface area contributed by atoms with Crippen molar-refractivity contribution in [2.24, 2.45) is 16.0 Å². The van der Waals surface area contributed by atoms with Crippen LogP contribution in [0.2, 0.25) is 0 Å². The number of rotatable bonds is 3. The van der Waals surface area contributed by atoms with Crippen molar-refractivity contribution in [2.45, 2.75) is 26.8 Å². The third-order valence-corrected chi connectivity index (χ3v) is 2.72. The van der Waals surface area contributed by atoms with Crippen LogP contribution in [0.4, 0.5) is 5.69 Å². The number of hydrogen-bond donors (Lipinski definition) is 0. The third-order valence-electron chi connectivity index (χ3n) is 2.72. The maximum absolute atomic E-state index is 12.2. The van der Waals surface area contributed by atoms with Crippen molar-refractivity contribution in [3.63, 3.8) is 0 Å². The molecule has 0 bridgehead atoms. The second kappa shape index (κ2) is 5.12. The van der Waals surface area contributed by atoms with Crippen LogP contribution in [0.1, 0.15) is 20.8 Å². The molecule has 4 nitrogen and oxygen atoms in total. The average Bonchev–Trinajstić information content (AvgIpc) is 2.63. The van der Waals surface area contributed by atoms with E-state index in [1.807, 2.05) is 51.1 Å². The fraction of sp³-hybridized carbons (Fsp3) is 0.357. The van der Waals surface area contributed by atoms with Crippen LogP contribution in [0, 0.1) is 5.92 Å². The molecule has 1 aromatic rings. The number of anilines is 1. The summed E-state index contributed by atoms with van der Waals surface area (Å²) in [5.41, 5.74) is 1.58. The van der Waals surface area contributed by atoms with Gasteiger partial charge in [0.2, 0.25) is 0 Å². The van der Waals surface area contributed by atoms with E-state index in [9.17, 15) is 4.79 Å². The van der Waals surface area contributed by atoms with Gasteiger partial charge in [0, 0.05) is 12.3 Å². The summed E-state index contributed by atoms with van der Waals surface area (Å²) in [5, 5.41) is 5.76. The van der Waals surface area contributed by atoms with Gasteiger partial charge in [0.1, 0.15) is 5.92 Å². The van der Waals surface area contributed by atoms with Gasteiger partial charge in [-0.2, -0.15) is 10.1 Å². The van der Waals surface area contributed by atoms with E-state index in [1.54, 1.807) is 6.21 Å². The molecule has 1 heterocycles. The van der Waals surface area contributed by atoms with E-state index in [-0.39, 0.29) is 17.9 Å². The average molecular weight is 243 g/mol. The van der Waals surface area contributed by atoms with Crippen LogP contribution >= 0.6 is 0 Å². The van der Waals surface area contributed by atoms with Gasteiger partial charge in [-0.1, -0.05) is 18.2 Å². The first-order valence-corrected chi connectivity index (χ1v) is 6.07. The maximum Gasteiger partial charge on any atom is 0.261 e. The molecular formula is C14H17N3O. The molecule has 4 heteroatoms. The maximum atomic E-state index is 12.2. The smallest absolute Gasteiger partial charge is 0.261 e. The molecule has 2 rings (SSSR count). The lowest BCUT2D eigenvalue weighted by atomic mass is 10.1. The number of nitrogens with zero attached hydrogens (tertiary/aromatic N) is 3. The zero-order valence-corrected chi connectivity index (χ0v) is 10.9.